The van der Waals surface area contributed by atoms with Crippen molar-refractivity contribution in [2.24, 2.45) is 0 Å². The normalized spacial score (nSPS) is 29.8. The lowest BCUT2D eigenvalue weighted by Crippen LogP contribution is -2.47. The van der Waals surface area contributed by atoms with Crippen LogP contribution in [-0.4, -0.2) is 52.3 Å². The Morgan fingerprint density at radius 1 is 1.08 bits per heavy atom. The van der Waals surface area contributed by atoms with Crippen molar-refractivity contribution in [1.82, 2.24) is 9.80 Å². The summed E-state index contributed by atoms with van der Waals surface area (Å²) in [6.45, 7) is 4.94. The molecule has 3 aliphatic heterocycles. The Kier molecular flexibility index (Phi) is 3.20. The molecule has 0 saturated carbocycles. The van der Waals surface area contributed by atoms with E-state index in [1.54, 1.807) is 9.80 Å². The lowest BCUT2D eigenvalue weighted by Gasteiger charge is -2.23. The van der Waals surface area contributed by atoms with Crippen molar-refractivity contribution >= 4 is 23.5 Å². The molecular weight excluding hydrogens is 306 g/mol. The molecule has 1 unspecified atom stereocenters. The van der Waals surface area contributed by atoms with Crippen LogP contribution < -0.4 is 4.90 Å². The van der Waals surface area contributed by atoms with Gasteiger partial charge in [-0.15, -0.1) is 0 Å². The van der Waals surface area contributed by atoms with Gasteiger partial charge in [-0.05, 0) is 45.2 Å². The maximum absolute atomic E-state index is 12.9. The minimum atomic E-state index is -0.755. The van der Waals surface area contributed by atoms with Gasteiger partial charge in [-0.25, -0.2) is 9.69 Å². The average Bonchev–Trinajstić information content (AvgIpc) is 3.17. The highest BCUT2D eigenvalue weighted by Gasteiger charge is 2.59. The Bertz CT molecular complexity index is 730. The Morgan fingerprint density at radius 3 is 2.46 bits per heavy atom. The van der Waals surface area contributed by atoms with Crippen LogP contribution in [0.5, 0.6) is 0 Å². The minimum absolute atomic E-state index is 0.162. The van der Waals surface area contributed by atoms with Crippen LogP contribution in [0, 0.1) is 6.92 Å². The molecule has 0 spiro atoms. The number of nitrogens with zero attached hydrogens (tertiary/aromatic N) is 3. The van der Waals surface area contributed by atoms with E-state index in [1.165, 1.54) is 4.90 Å². The second-order valence-electron chi connectivity index (χ2n) is 7.12. The van der Waals surface area contributed by atoms with E-state index in [9.17, 15) is 14.4 Å². The molecule has 1 aromatic rings. The summed E-state index contributed by atoms with van der Waals surface area (Å²) in [5.74, 6) is -0.376. The first kappa shape index (κ1) is 15.2. The van der Waals surface area contributed by atoms with E-state index in [2.05, 4.69) is 0 Å². The Labute approximate surface area is 141 Å². The van der Waals surface area contributed by atoms with Crippen molar-refractivity contribution in [1.29, 1.82) is 0 Å². The number of hydrogen-bond acceptors (Lipinski definition) is 3. The number of rotatable bonds is 2. The maximum Gasteiger partial charge on any atom is 0.328 e. The number of carbonyl (C=O) groups is 3. The summed E-state index contributed by atoms with van der Waals surface area (Å²) >= 11 is 0. The fourth-order valence-electron chi connectivity index (χ4n) is 4.13. The predicted molar refractivity (Wildman–Crippen MR) is 88.5 cm³/mol. The smallest absolute Gasteiger partial charge is 0.311 e. The van der Waals surface area contributed by atoms with Gasteiger partial charge < -0.3 is 9.80 Å². The number of fused-ring (bicyclic) bond motifs is 1. The van der Waals surface area contributed by atoms with Gasteiger partial charge in [0, 0.05) is 18.8 Å². The second kappa shape index (κ2) is 5.06. The van der Waals surface area contributed by atoms with Gasteiger partial charge in [0.2, 0.25) is 5.91 Å². The molecule has 6 nitrogen and oxygen atoms in total. The number of benzene rings is 1. The standard InChI is InChI=1S/C18H21N3O3/c1-12-4-6-13(7-5-12)19-11-8-14(15(19)22)21-16(23)18(2)9-3-10-20(18)17(21)24/h4-7,14H,3,8-11H2,1-2H3/t14?,18-/m0/s1. The third-order valence-corrected chi connectivity index (χ3v) is 5.59. The summed E-state index contributed by atoms with van der Waals surface area (Å²) in [4.78, 5) is 42.9. The van der Waals surface area contributed by atoms with Crippen LogP contribution in [0.4, 0.5) is 10.5 Å². The van der Waals surface area contributed by atoms with Crippen LogP contribution in [0.2, 0.25) is 0 Å². The molecule has 4 rings (SSSR count). The largest absolute Gasteiger partial charge is 0.328 e. The third kappa shape index (κ3) is 1.92. The molecule has 0 N–H and O–H groups in total. The molecule has 6 heteroatoms. The van der Waals surface area contributed by atoms with Crippen molar-refractivity contribution < 1.29 is 14.4 Å². The maximum atomic E-state index is 12.9. The number of anilines is 1. The average molecular weight is 327 g/mol. The lowest BCUT2D eigenvalue weighted by atomic mass is 9.99. The van der Waals surface area contributed by atoms with Gasteiger partial charge in [0.15, 0.2) is 0 Å². The summed E-state index contributed by atoms with van der Waals surface area (Å²) in [5, 5.41) is 0. The number of amides is 4. The number of imide groups is 1. The summed E-state index contributed by atoms with van der Waals surface area (Å²) in [5.41, 5.74) is 1.19. The fourth-order valence-corrected chi connectivity index (χ4v) is 4.13. The zero-order valence-electron chi connectivity index (χ0n) is 14.0. The molecule has 0 radical (unpaired) electrons. The van der Waals surface area contributed by atoms with Crippen LogP contribution in [-0.2, 0) is 9.59 Å². The monoisotopic (exact) mass is 327 g/mol. The highest BCUT2D eigenvalue weighted by atomic mass is 16.2. The molecule has 0 aliphatic carbocycles. The van der Waals surface area contributed by atoms with Gasteiger partial charge in [-0.3, -0.25) is 9.59 Å². The fraction of sp³-hybridized carbons (Fsp3) is 0.500. The summed E-state index contributed by atoms with van der Waals surface area (Å²) in [6, 6.07) is 6.75. The second-order valence-corrected chi connectivity index (χ2v) is 7.12. The molecule has 126 valence electrons. The van der Waals surface area contributed by atoms with Crippen molar-refractivity contribution in [2.45, 2.75) is 44.7 Å². The first-order valence-corrected chi connectivity index (χ1v) is 8.47. The summed E-state index contributed by atoms with van der Waals surface area (Å²) in [6.07, 6.45) is 2.01. The van der Waals surface area contributed by atoms with E-state index >= 15 is 0 Å². The zero-order chi connectivity index (χ0) is 17.1. The quantitative estimate of drug-likeness (QED) is 0.780. The van der Waals surface area contributed by atoms with Crippen LogP contribution in [0.25, 0.3) is 0 Å². The highest BCUT2D eigenvalue weighted by Crippen LogP contribution is 2.39. The van der Waals surface area contributed by atoms with Crippen LogP contribution in [0.15, 0.2) is 24.3 Å². The van der Waals surface area contributed by atoms with E-state index in [1.807, 2.05) is 38.1 Å². The van der Waals surface area contributed by atoms with Gasteiger partial charge in [-0.1, -0.05) is 17.7 Å². The first-order valence-electron chi connectivity index (χ1n) is 8.47. The number of hydrogen-bond donors (Lipinski definition) is 0. The highest BCUT2D eigenvalue weighted by molar-refractivity contribution is 6.12. The molecule has 3 aliphatic rings. The molecule has 3 fully saturated rings. The molecule has 24 heavy (non-hydrogen) atoms. The van der Waals surface area contributed by atoms with Crippen molar-refractivity contribution in [2.75, 3.05) is 18.0 Å². The summed E-state index contributed by atoms with van der Waals surface area (Å²) < 4.78 is 0. The topological polar surface area (TPSA) is 60.9 Å². The van der Waals surface area contributed by atoms with Crippen molar-refractivity contribution in [3.63, 3.8) is 0 Å². The molecular formula is C18H21N3O3. The van der Waals surface area contributed by atoms with E-state index in [4.69, 9.17) is 0 Å². The predicted octanol–water partition coefficient (Wildman–Crippen LogP) is 1.92. The van der Waals surface area contributed by atoms with Gasteiger partial charge in [0.25, 0.3) is 5.91 Å². The number of carbonyl (C=O) groups excluding carboxylic acids is 3. The Morgan fingerprint density at radius 2 is 1.79 bits per heavy atom. The Balaban J connectivity index is 1.60. The Hall–Kier alpha value is -2.37. The number of aryl methyl sites for hydroxylation is 1. The van der Waals surface area contributed by atoms with Gasteiger partial charge in [-0.2, -0.15) is 0 Å². The van der Waals surface area contributed by atoms with Gasteiger partial charge >= 0.3 is 6.03 Å². The van der Waals surface area contributed by atoms with E-state index in [0.29, 0.717) is 25.9 Å². The third-order valence-electron chi connectivity index (χ3n) is 5.59. The zero-order valence-corrected chi connectivity index (χ0v) is 14.0. The SMILES string of the molecule is Cc1ccc(N2CCC(N3C(=O)N4CCC[C@@]4(C)C3=O)C2=O)cc1. The first-order chi connectivity index (χ1) is 11.4. The van der Waals surface area contributed by atoms with Gasteiger partial charge in [0.1, 0.15) is 11.6 Å². The molecule has 0 aromatic heterocycles. The molecule has 0 bridgehead atoms. The minimum Gasteiger partial charge on any atom is -0.311 e. The van der Waals surface area contributed by atoms with Crippen LogP contribution in [0.3, 0.4) is 0 Å². The number of urea groups is 1. The van der Waals surface area contributed by atoms with Crippen LogP contribution in [0.1, 0.15) is 31.7 Å². The van der Waals surface area contributed by atoms with Crippen LogP contribution >= 0.6 is 0 Å². The van der Waals surface area contributed by atoms with Crippen molar-refractivity contribution in [3.8, 4) is 0 Å². The van der Waals surface area contributed by atoms with E-state index in [0.717, 1.165) is 17.7 Å². The molecule has 2 atom stereocenters. The molecule has 4 amide bonds. The van der Waals surface area contributed by atoms with E-state index in [-0.39, 0.29) is 17.8 Å². The van der Waals surface area contributed by atoms with Gasteiger partial charge in [0.05, 0.1) is 0 Å². The van der Waals surface area contributed by atoms with Crippen molar-refractivity contribution in [3.05, 3.63) is 29.8 Å². The molecule has 1 aromatic carbocycles. The van der Waals surface area contributed by atoms with E-state index < -0.39 is 11.6 Å². The summed E-state index contributed by atoms with van der Waals surface area (Å²) in [7, 11) is 0. The lowest BCUT2D eigenvalue weighted by molar-refractivity contribution is -0.136. The molecule has 3 heterocycles. The molecule has 3 saturated heterocycles.